The molecule has 0 spiro atoms. The lowest BCUT2D eigenvalue weighted by atomic mass is 10.0. The summed E-state index contributed by atoms with van der Waals surface area (Å²) in [6, 6.07) is 4.83. The highest BCUT2D eigenvalue weighted by molar-refractivity contribution is 7.88. The van der Waals surface area contributed by atoms with Gasteiger partial charge in [0.05, 0.1) is 35.3 Å². The lowest BCUT2D eigenvalue weighted by Gasteiger charge is -2.34. The number of sulfonamides is 1. The molecule has 3 heterocycles. The summed E-state index contributed by atoms with van der Waals surface area (Å²) >= 11 is 5.72. The van der Waals surface area contributed by atoms with Gasteiger partial charge in [0.2, 0.25) is 16.0 Å². The molecule has 0 saturated carbocycles. The molecule has 2 N–H and O–H groups in total. The van der Waals surface area contributed by atoms with Crippen molar-refractivity contribution in [2.24, 2.45) is 0 Å². The van der Waals surface area contributed by atoms with Gasteiger partial charge < -0.3 is 10.4 Å². The highest BCUT2D eigenvalue weighted by atomic mass is 35.5. The molecule has 2 atom stereocenters. The number of aliphatic hydroxyl groups excluding tert-OH is 1. The molecule has 0 radical (unpaired) electrons. The average Bonchev–Trinajstić information content (AvgIpc) is 3.01. The Balaban J connectivity index is 1.63. The lowest BCUT2D eigenvalue weighted by Crippen LogP contribution is -2.51. The Bertz CT molecular complexity index is 1220. The molecule has 0 aliphatic carbocycles. The first kappa shape index (κ1) is 20.9. The maximum Gasteiger partial charge on any atom is 0.241 e. The summed E-state index contributed by atoms with van der Waals surface area (Å²) in [7, 11) is -3.40. The predicted molar refractivity (Wildman–Crippen MR) is 108 cm³/mol. The Kier molecular flexibility index (Phi) is 5.39. The van der Waals surface area contributed by atoms with Gasteiger partial charge in [-0.1, -0.05) is 17.7 Å². The van der Waals surface area contributed by atoms with Crippen molar-refractivity contribution in [1.82, 2.24) is 18.9 Å². The van der Waals surface area contributed by atoms with Crippen LogP contribution in [0, 0.1) is 11.6 Å². The van der Waals surface area contributed by atoms with Crippen LogP contribution in [0.1, 0.15) is 6.42 Å². The van der Waals surface area contributed by atoms with Crippen molar-refractivity contribution in [3.05, 3.63) is 47.1 Å². The third kappa shape index (κ3) is 3.97. The number of aromatic nitrogens is 3. The Morgan fingerprint density at radius 3 is 2.70 bits per heavy atom. The Hall–Kier alpha value is -2.34. The third-order valence-corrected chi connectivity index (χ3v) is 6.59. The quantitative estimate of drug-likeness (QED) is 0.622. The summed E-state index contributed by atoms with van der Waals surface area (Å²) in [6.07, 6.45) is 1.73. The number of nitrogens with one attached hydrogen (secondary N) is 1. The van der Waals surface area contributed by atoms with Gasteiger partial charge in [-0.25, -0.2) is 26.7 Å². The summed E-state index contributed by atoms with van der Waals surface area (Å²) in [4.78, 5) is 4.08. The van der Waals surface area contributed by atoms with Crippen LogP contribution >= 0.6 is 11.6 Å². The third-order valence-electron chi connectivity index (χ3n) is 5.01. The molecule has 12 heteroatoms. The number of nitrogens with zero attached hydrogens (tertiary/aromatic N) is 4. The number of aliphatic hydroxyl groups is 1. The zero-order valence-electron chi connectivity index (χ0n) is 15.8. The zero-order valence-corrected chi connectivity index (χ0v) is 17.3. The summed E-state index contributed by atoms with van der Waals surface area (Å²) in [5.41, 5.74) is 0.774. The fraction of sp³-hybridized carbons (Fsp3) is 0.333. The molecule has 1 saturated heterocycles. The number of hydrogen-bond acceptors (Lipinski definition) is 6. The van der Waals surface area contributed by atoms with Crippen LogP contribution < -0.4 is 5.32 Å². The van der Waals surface area contributed by atoms with E-state index in [4.69, 9.17) is 11.6 Å². The molecule has 1 aromatic carbocycles. The molecule has 1 fully saturated rings. The minimum Gasteiger partial charge on any atom is -0.390 e. The summed E-state index contributed by atoms with van der Waals surface area (Å²) in [5.74, 6) is -1.10. The van der Waals surface area contributed by atoms with Gasteiger partial charge >= 0.3 is 0 Å². The van der Waals surface area contributed by atoms with Gasteiger partial charge in [-0.05, 0) is 18.6 Å². The minimum absolute atomic E-state index is 0.0494. The fourth-order valence-electron chi connectivity index (χ4n) is 3.42. The van der Waals surface area contributed by atoms with E-state index in [-0.39, 0.29) is 29.6 Å². The molecule has 30 heavy (non-hydrogen) atoms. The molecule has 1 aliphatic rings. The van der Waals surface area contributed by atoms with Gasteiger partial charge in [-0.2, -0.15) is 4.31 Å². The van der Waals surface area contributed by atoms with Crippen molar-refractivity contribution < 1.29 is 22.3 Å². The number of rotatable bonds is 4. The van der Waals surface area contributed by atoms with Crippen LogP contribution in [-0.2, 0) is 10.0 Å². The van der Waals surface area contributed by atoms with Crippen molar-refractivity contribution >= 4 is 33.1 Å². The van der Waals surface area contributed by atoms with Crippen molar-refractivity contribution in [3.8, 4) is 11.3 Å². The van der Waals surface area contributed by atoms with E-state index in [0.29, 0.717) is 17.7 Å². The largest absolute Gasteiger partial charge is 0.390 e. The van der Waals surface area contributed by atoms with Gasteiger partial charge in [0, 0.05) is 24.7 Å². The Labute approximate surface area is 176 Å². The SMILES string of the molecule is CS(=O)(=O)N1CC[C@@H](Nc2ncc3c(F)cc(-c4ccc(Cl)c(F)c4)n3n2)[C@H](O)C1. The molecule has 0 unspecified atom stereocenters. The maximum absolute atomic E-state index is 14.3. The standard InChI is InChI=1S/C18H18ClF2N5O3S/c1-30(28,29)25-5-4-14(17(27)9-25)23-18-22-8-16-13(21)7-15(26(16)24-18)10-2-3-11(19)12(20)6-10/h2-3,6-8,14,17,27H,4-5,9H2,1H3,(H,23,24)/t14-,17-/m1/s1. The Morgan fingerprint density at radius 1 is 1.27 bits per heavy atom. The van der Waals surface area contributed by atoms with Crippen LogP contribution in [0.5, 0.6) is 0 Å². The molecule has 1 aliphatic heterocycles. The molecule has 2 aromatic heterocycles. The van der Waals surface area contributed by atoms with Gasteiger partial charge in [0.25, 0.3) is 0 Å². The molecule has 160 valence electrons. The highest BCUT2D eigenvalue weighted by Gasteiger charge is 2.32. The second-order valence-electron chi connectivity index (χ2n) is 7.11. The van der Waals surface area contributed by atoms with E-state index in [0.717, 1.165) is 6.26 Å². The first-order valence-corrected chi connectivity index (χ1v) is 11.3. The molecule has 0 bridgehead atoms. The first-order chi connectivity index (χ1) is 14.1. The van der Waals surface area contributed by atoms with Crippen LogP contribution in [0.4, 0.5) is 14.7 Å². The number of benzene rings is 1. The van der Waals surface area contributed by atoms with Gasteiger partial charge in [-0.3, -0.25) is 0 Å². The smallest absolute Gasteiger partial charge is 0.241 e. The van der Waals surface area contributed by atoms with E-state index in [1.54, 1.807) is 6.07 Å². The normalized spacial score (nSPS) is 20.6. The van der Waals surface area contributed by atoms with Gasteiger partial charge in [0.15, 0.2) is 5.82 Å². The summed E-state index contributed by atoms with van der Waals surface area (Å²) < 4.78 is 54.0. The number of anilines is 1. The van der Waals surface area contributed by atoms with Crippen molar-refractivity contribution in [2.45, 2.75) is 18.6 Å². The van der Waals surface area contributed by atoms with Crippen LogP contribution in [0.2, 0.25) is 5.02 Å². The highest BCUT2D eigenvalue weighted by Crippen LogP contribution is 2.28. The zero-order chi connectivity index (χ0) is 21.6. The van der Waals surface area contributed by atoms with Gasteiger partial charge in [0.1, 0.15) is 11.3 Å². The second kappa shape index (κ2) is 7.73. The van der Waals surface area contributed by atoms with E-state index in [2.05, 4.69) is 15.4 Å². The molecular formula is C18H18ClF2N5O3S. The fourth-order valence-corrected chi connectivity index (χ4v) is 4.40. The number of halogens is 3. The maximum atomic E-state index is 14.3. The number of hydrogen-bond donors (Lipinski definition) is 2. The van der Waals surface area contributed by atoms with Crippen LogP contribution in [0.3, 0.4) is 0 Å². The Morgan fingerprint density at radius 2 is 2.03 bits per heavy atom. The number of fused-ring (bicyclic) bond motifs is 1. The van der Waals surface area contributed by atoms with Crippen LogP contribution in [0.25, 0.3) is 16.8 Å². The molecule has 3 aromatic rings. The van der Waals surface area contributed by atoms with E-state index in [9.17, 15) is 22.3 Å². The lowest BCUT2D eigenvalue weighted by molar-refractivity contribution is 0.0950. The van der Waals surface area contributed by atoms with Crippen molar-refractivity contribution in [2.75, 3.05) is 24.7 Å². The summed E-state index contributed by atoms with van der Waals surface area (Å²) in [6.45, 7) is 0.190. The monoisotopic (exact) mass is 457 g/mol. The molecular weight excluding hydrogens is 440 g/mol. The minimum atomic E-state index is -3.40. The van der Waals surface area contributed by atoms with Gasteiger partial charge in [-0.15, -0.1) is 5.10 Å². The van der Waals surface area contributed by atoms with E-state index in [1.165, 1.54) is 33.2 Å². The number of piperidine rings is 1. The first-order valence-electron chi connectivity index (χ1n) is 9.03. The second-order valence-corrected chi connectivity index (χ2v) is 9.50. The topological polar surface area (TPSA) is 99.8 Å². The van der Waals surface area contributed by atoms with Crippen molar-refractivity contribution in [1.29, 1.82) is 0 Å². The average molecular weight is 458 g/mol. The van der Waals surface area contributed by atoms with E-state index < -0.39 is 33.8 Å². The van der Waals surface area contributed by atoms with Crippen molar-refractivity contribution in [3.63, 3.8) is 0 Å². The summed E-state index contributed by atoms with van der Waals surface area (Å²) in [5, 5.41) is 17.5. The predicted octanol–water partition coefficient (Wildman–Crippen LogP) is 2.13. The number of β-amino-alcohol motifs (C(OH)–C–C–N with tert-alkyl or cyclic N) is 1. The molecule has 8 nitrogen and oxygen atoms in total. The van der Waals surface area contributed by atoms with Crippen LogP contribution in [0.15, 0.2) is 30.5 Å². The molecule has 0 amide bonds. The van der Waals surface area contributed by atoms with Crippen LogP contribution in [-0.4, -0.2) is 63.9 Å². The molecule has 4 rings (SSSR count). The van der Waals surface area contributed by atoms with E-state index in [1.807, 2.05) is 0 Å². The van der Waals surface area contributed by atoms with E-state index >= 15 is 0 Å².